The molecule has 1 aromatic carbocycles. The molecule has 0 atom stereocenters. The molecule has 0 saturated heterocycles. The monoisotopic (exact) mass is 309 g/mol. The first kappa shape index (κ1) is 16.4. The zero-order valence-electron chi connectivity index (χ0n) is 12.8. The van der Waals surface area contributed by atoms with Crippen LogP contribution in [-0.2, 0) is 16.1 Å². The standard InChI is InChI=1S/C18H19N3O2/c19-17(22)10-12-21(14-16-5-2-1-3-6-16)18(23)9-8-15-7-4-11-20-13-15/h1-9,11,13H,10,12,14H2,(H2,19,22)/b9-8-. The summed E-state index contributed by atoms with van der Waals surface area (Å²) in [5.41, 5.74) is 7.04. The number of pyridine rings is 1. The fourth-order valence-corrected chi connectivity index (χ4v) is 2.06. The molecule has 0 saturated carbocycles. The fraction of sp³-hybridized carbons (Fsp3) is 0.167. The van der Waals surface area contributed by atoms with Gasteiger partial charge in [-0.1, -0.05) is 36.4 Å². The summed E-state index contributed by atoms with van der Waals surface area (Å²) >= 11 is 0. The van der Waals surface area contributed by atoms with Crippen LogP contribution in [0.2, 0.25) is 0 Å². The maximum Gasteiger partial charge on any atom is 0.246 e. The average Bonchev–Trinajstić information content (AvgIpc) is 2.58. The molecule has 0 bridgehead atoms. The van der Waals surface area contributed by atoms with E-state index in [4.69, 9.17) is 5.73 Å². The van der Waals surface area contributed by atoms with Gasteiger partial charge >= 0.3 is 0 Å². The van der Waals surface area contributed by atoms with E-state index in [1.807, 2.05) is 36.4 Å². The van der Waals surface area contributed by atoms with Gasteiger partial charge in [0.1, 0.15) is 0 Å². The number of hydrogen-bond donors (Lipinski definition) is 1. The normalized spacial score (nSPS) is 10.6. The second-order valence-electron chi connectivity index (χ2n) is 5.08. The quantitative estimate of drug-likeness (QED) is 0.795. The minimum atomic E-state index is -0.424. The minimum Gasteiger partial charge on any atom is -0.370 e. The molecule has 0 radical (unpaired) electrons. The van der Waals surface area contributed by atoms with E-state index in [0.29, 0.717) is 13.1 Å². The number of carbonyl (C=O) groups excluding carboxylic acids is 2. The van der Waals surface area contributed by atoms with Crippen LogP contribution in [0, 0.1) is 0 Å². The van der Waals surface area contributed by atoms with E-state index >= 15 is 0 Å². The van der Waals surface area contributed by atoms with Gasteiger partial charge in [0.05, 0.1) is 0 Å². The molecule has 23 heavy (non-hydrogen) atoms. The summed E-state index contributed by atoms with van der Waals surface area (Å²) in [4.78, 5) is 29.0. The van der Waals surface area contributed by atoms with Gasteiger partial charge in [0.2, 0.25) is 11.8 Å². The first-order chi connectivity index (χ1) is 11.1. The van der Waals surface area contributed by atoms with Gasteiger partial charge in [0.25, 0.3) is 0 Å². The Morgan fingerprint density at radius 1 is 1.13 bits per heavy atom. The van der Waals surface area contributed by atoms with E-state index in [1.54, 1.807) is 29.4 Å². The van der Waals surface area contributed by atoms with Crippen molar-refractivity contribution in [3.05, 3.63) is 72.1 Å². The number of hydrogen-bond acceptors (Lipinski definition) is 3. The molecule has 2 aromatic rings. The average molecular weight is 309 g/mol. The summed E-state index contributed by atoms with van der Waals surface area (Å²) < 4.78 is 0. The van der Waals surface area contributed by atoms with E-state index in [2.05, 4.69) is 4.98 Å². The number of primary amides is 1. The second-order valence-corrected chi connectivity index (χ2v) is 5.08. The van der Waals surface area contributed by atoms with E-state index in [1.165, 1.54) is 6.08 Å². The van der Waals surface area contributed by atoms with Crippen molar-refractivity contribution in [1.82, 2.24) is 9.88 Å². The van der Waals surface area contributed by atoms with Gasteiger partial charge in [-0.3, -0.25) is 14.6 Å². The zero-order valence-corrected chi connectivity index (χ0v) is 12.8. The van der Waals surface area contributed by atoms with Crippen LogP contribution >= 0.6 is 0 Å². The lowest BCUT2D eigenvalue weighted by Crippen LogP contribution is -2.32. The number of nitrogens with two attached hydrogens (primary N) is 1. The molecule has 0 aliphatic heterocycles. The molecule has 2 N–H and O–H groups in total. The van der Waals surface area contributed by atoms with Crippen LogP contribution in [0.15, 0.2) is 60.9 Å². The largest absolute Gasteiger partial charge is 0.370 e. The Hall–Kier alpha value is -2.95. The first-order valence-corrected chi connectivity index (χ1v) is 7.34. The third-order valence-corrected chi connectivity index (χ3v) is 3.26. The van der Waals surface area contributed by atoms with Gasteiger partial charge in [-0.15, -0.1) is 0 Å². The number of amides is 2. The van der Waals surface area contributed by atoms with E-state index in [-0.39, 0.29) is 12.3 Å². The maximum absolute atomic E-state index is 12.4. The molecule has 2 amide bonds. The van der Waals surface area contributed by atoms with Gasteiger partial charge in [-0.2, -0.15) is 0 Å². The third-order valence-electron chi connectivity index (χ3n) is 3.26. The minimum absolute atomic E-state index is 0.138. The SMILES string of the molecule is NC(=O)CCN(Cc1ccccc1)C(=O)/C=C\c1cccnc1. The molecule has 1 heterocycles. The van der Waals surface area contributed by atoms with Crippen LogP contribution in [0.3, 0.4) is 0 Å². The molecule has 0 unspecified atom stereocenters. The highest BCUT2D eigenvalue weighted by molar-refractivity contribution is 5.92. The van der Waals surface area contributed by atoms with Crippen LogP contribution < -0.4 is 5.73 Å². The molecule has 0 aliphatic rings. The summed E-state index contributed by atoms with van der Waals surface area (Å²) in [5.74, 6) is -0.592. The lowest BCUT2D eigenvalue weighted by atomic mass is 10.2. The molecule has 0 fully saturated rings. The van der Waals surface area contributed by atoms with Crippen LogP contribution in [0.4, 0.5) is 0 Å². The van der Waals surface area contributed by atoms with Gasteiger partial charge < -0.3 is 10.6 Å². The topological polar surface area (TPSA) is 76.3 Å². The highest BCUT2D eigenvalue weighted by atomic mass is 16.2. The highest BCUT2D eigenvalue weighted by Gasteiger charge is 2.12. The maximum atomic E-state index is 12.4. The summed E-state index contributed by atoms with van der Waals surface area (Å²) in [6, 6.07) is 13.3. The van der Waals surface area contributed by atoms with Gasteiger partial charge in [0.15, 0.2) is 0 Å². The summed E-state index contributed by atoms with van der Waals surface area (Å²) in [6.07, 6.45) is 6.68. The Morgan fingerprint density at radius 2 is 1.91 bits per heavy atom. The second kappa shape index (κ2) is 8.48. The number of benzene rings is 1. The van der Waals surface area contributed by atoms with Crippen molar-refractivity contribution in [2.24, 2.45) is 5.73 Å². The molecule has 2 rings (SSSR count). The number of carbonyl (C=O) groups is 2. The van der Waals surface area contributed by atoms with E-state index < -0.39 is 5.91 Å². The van der Waals surface area contributed by atoms with E-state index in [9.17, 15) is 9.59 Å². The summed E-state index contributed by atoms with van der Waals surface area (Å²) in [7, 11) is 0. The van der Waals surface area contributed by atoms with Crippen molar-refractivity contribution in [2.75, 3.05) is 6.54 Å². The van der Waals surface area contributed by atoms with Crippen molar-refractivity contribution < 1.29 is 9.59 Å². The summed E-state index contributed by atoms with van der Waals surface area (Å²) in [6.45, 7) is 0.727. The Labute approximate surface area is 135 Å². The van der Waals surface area contributed by atoms with Crippen molar-refractivity contribution in [3.8, 4) is 0 Å². The number of nitrogens with zero attached hydrogens (tertiary/aromatic N) is 2. The Morgan fingerprint density at radius 3 is 2.57 bits per heavy atom. The number of rotatable bonds is 7. The Kier molecular flexibility index (Phi) is 6.06. The third kappa shape index (κ3) is 5.74. The molecule has 0 spiro atoms. The summed E-state index contributed by atoms with van der Waals surface area (Å²) in [5, 5.41) is 0. The van der Waals surface area contributed by atoms with Crippen molar-refractivity contribution in [2.45, 2.75) is 13.0 Å². The van der Waals surface area contributed by atoms with Crippen molar-refractivity contribution in [1.29, 1.82) is 0 Å². The zero-order chi connectivity index (χ0) is 16.5. The molecule has 5 nitrogen and oxygen atoms in total. The molecule has 0 aliphatic carbocycles. The lowest BCUT2D eigenvalue weighted by Gasteiger charge is -2.20. The molecular formula is C18H19N3O2. The fourth-order valence-electron chi connectivity index (χ4n) is 2.06. The predicted octanol–water partition coefficient (Wildman–Crippen LogP) is 2.00. The highest BCUT2D eigenvalue weighted by Crippen LogP contribution is 2.07. The van der Waals surface area contributed by atoms with E-state index in [0.717, 1.165) is 11.1 Å². The molecular weight excluding hydrogens is 290 g/mol. The van der Waals surface area contributed by atoms with Crippen molar-refractivity contribution in [3.63, 3.8) is 0 Å². The van der Waals surface area contributed by atoms with Crippen LogP contribution in [0.25, 0.3) is 6.08 Å². The van der Waals surface area contributed by atoms with Crippen molar-refractivity contribution >= 4 is 17.9 Å². The number of aromatic nitrogens is 1. The van der Waals surface area contributed by atoms with Crippen LogP contribution in [0.1, 0.15) is 17.5 Å². The van der Waals surface area contributed by atoms with Gasteiger partial charge in [-0.25, -0.2) is 0 Å². The predicted molar refractivity (Wildman–Crippen MR) is 88.9 cm³/mol. The van der Waals surface area contributed by atoms with Gasteiger partial charge in [-0.05, 0) is 23.3 Å². The smallest absolute Gasteiger partial charge is 0.246 e. The molecule has 5 heteroatoms. The molecule has 1 aromatic heterocycles. The van der Waals surface area contributed by atoms with Crippen LogP contribution in [0.5, 0.6) is 0 Å². The van der Waals surface area contributed by atoms with Gasteiger partial charge in [0, 0.05) is 38.0 Å². The lowest BCUT2D eigenvalue weighted by molar-refractivity contribution is -0.127. The Bertz CT molecular complexity index is 669. The molecule has 118 valence electrons. The first-order valence-electron chi connectivity index (χ1n) is 7.34. The van der Waals surface area contributed by atoms with Crippen LogP contribution in [-0.4, -0.2) is 28.2 Å². The Balaban J connectivity index is 2.07.